The minimum absolute atomic E-state index is 0.0878. The van der Waals surface area contributed by atoms with E-state index in [1.807, 2.05) is 13.0 Å². The van der Waals surface area contributed by atoms with Crippen LogP contribution in [0, 0.1) is 6.92 Å². The summed E-state index contributed by atoms with van der Waals surface area (Å²) in [7, 11) is -3.81. The van der Waals surface area contributed by atoms with E-state index in [2.05, 4.69) is 10.6 Å². The molecule has 1 aliphatic heterocycles. The summed E-state index contributed by atoms with van der Waals surface area (Å²) in [4.78, 5) is 24.9. The van der Waals surface area contributed by atoms with E-state index in [-0.39, 0.29) is 10.8 Å². The largest absolute Gasteiger partial charge is 0.326 e. The Bertz CT molecular complexity index is 1320. The van der Waals surface area contributed by atoms with Gasteiger partial charge in [0, 0.05) is 22.8 Å². The third kappa shape index (κ3) is 5.26. The molecule has 170 valence electrons. The molecule has 1 aliphatic rings. The summed E-state index contributed by atoms with van der Waals surface area (Å²) in [6.45, 7) is 1.86. The quantitative estimate of drug-likeness (QED) is 0.531. The molecule has 3 aromatic carbocycles. The van der Waals surface area contributed by atoms with E-state index in [1.54, 1.807) is 54.6 Å². The lowest BCUT2D eigenvalue weighted by atomic mass is 10.00. The normalized spacial score (nSPS) is 14.2. The van der Waals surface area contributed by atoms with Crippen LogP contribution < -0.4 is 10.6 Å². The number of anilines is 2. The van der Waals surface area contributed by atoms with Crippen molar-refractivity contribution >= 4 is 44.6 Å². The van der Waals surface area contributed by atoms with E-state index >= 15 is 0 Å². The van der Waals surface area contributed by atoms with Gasteiger partial charge in [-0.1, -0.05) is 48.0 Å². The minimum Gasteiger partial charge on any atom is -0.326 e. The zero-order valence-electron chi connectivity index (χ0n) is 18.0. The molecule has 33 heavy (non-hydrogen) atoms. The van der Waals surface area contributed by atoms with Crippen molar-refractivity contribution in [2.75, 3.05) is 16.4 Å². The third-order valence-electron chi connectivity index (χ3n) is 5.68. The van der Waals surface area contributed by atoms with E-state index in [9.17, 15) is 18.0 Å². The van der Waals surface area contributed by atoms with Crippen molar-refractivity contribution in [3.63, 3.8) is 0 Å². The Kier molecular flexibility index (Phi) is 6.54. The number of nitrogens with one attached hydrogen (secondary N) is 2. The zero-order valence-corrected chi connectivity index (χ0v) is 19.5. The lowest BCUT2D eigenvalue weighted by Gasteiger charge is -2.20. The second-order valence-electron chi connectivity index (χ2n) is 8.07. The summed E-state index contributed by atoms with van der Waals surface area (Å²) in [6, 6.07) is 18.7. The first-order chi connectivity index (χ1) is 15.7. The van der Waals surface area contributed by atoms with Gasteiger partial charge in [0.1, 0.15) is 0 Å². The number of amides is 2. The predicted molar refractivity (Wildman–Crippen MR) is 129 cm³/mol. The molecule has 4 rings (SSSR count). The van der Waals surface area contributed by atoms with Gasteiger partial charge >= 0.3 is 0 Å². The number of sulfone groups is 1. The fourth-order valence-corrected chi connectivity index (χ4v) is 5.53. The van der Waals surface area contributed by atoms with E-state index in [0.717, 1.165) is 11.1 Å². The summed E-state index contributed by atoms with van der Waals surface area (Å²) in [6.07, 6.45) is 0.784. The van der Waals surface area contributed by atoms with Gasteiger partial charge in [-0.3, -0.25) is 9.59 Å². The monoisotopic (exact) mass is 482 g/mol. The molecule has 6 nitrogen and oxygen atoms in total. The van der Waals surface area contributed by atoms with Crippen LogP contribution in [0.1, 0.15) is 29.0 Å². The van der Waals surface area contributed by atoms with Gasteiger partial charge in [-0.05, 0) is 60.4 Å². The van der Waals surface area contributed by atoms with Crippen molar-refractivity contribution in [3.8, 4) is 0 Å². The molecular weight excluding hydrogens is 460 g/mol. The van der Waals surface area contributed by atoms with Gasteiger partial charge in [0.15, 0.2) is 9.84 Å². The molecule has 0 saturated heterocycles. The Labute approximate surface area is 197 Å². The molecule has 0 radical (unpaired) electrons. The SMILES string of the molecule is Cc1ccc(NC(=O)C(CS(=O)(=O)c2ccc3c(c2)CCC(=O)N3)c2ccccc2)cc1Cl. The molecule has 0 fully saturated rings. The molecule has 3 aromatic rings. The Morgan fingerprint density at radius 2 is 1.82 bits per heavy atom. The van der Waals surface area contributed by atoms with Crippen LogP contribution in [0.2, 0.25) is 5.02 Å². The van der Waals surface area contributed by atoms with E-state index in [1.165, 1.54) is 6.07 Å². The topological polar surface area (TPSA) is 92.3 Å². The van der Waals surface area contributed by atoms with E-state index < -0.39 is 27.4 Å². The molecule has 2 N–H and O–H groups in total. The number of benzene rings is 3. The standard InChI is InChI=1S/C25H23ClN2O4S/c1-16-7-9-19(14-22(16)26)27-25(30)21(17-5-3-2-4-6-17)15-33(31,32)20-10-11-23-18(13-20)8-12-24(29)28-23/h2-7,9-11,13-14,21H,8,12,15H2,1H3,(H,27,30)(H,28,29). The molecule has 8 heteroatoms. The highest BCUT2D eigenvalue weighted by atomic mass is 35.5. The average Bonchev–Trinajstić information content (AvgIpc) is 2.80. The number of halogens is 1. The van der Waals surface area contributed by atoms with E-state index in [0.29, 0.717) is 34.8 Å². The Hall–Kier alpha value is -3.16. The molecular formula is C25H23ClN2O4S. The van der Waals surface area contributed by atoms with Crippen LogP contribution in [0.4, 0.5) is 11.4 Å². The fraction of sp³-hybridized carbons (Fsp3) is 0.200. The maximum absolute atomic E-state index is 13.3. The second-order valence-corrected chi connectivity index (χ2v) is 10.5. The van der Waals surface area contributed by atoms with Crippen LogP contribution in [0.25, 0.3) is 0 Å². The lowest BCUT2D eigenvalue weighted by molar-refractivity contribution is -0.117. The van der Waals surface area contributed by atoms with E-state index in [4.69, 9.17) is 11.6 Å². The Balaban J connectivity index is 1.63. The number of aryl methyl sites for hydroxylation is 2. The number of carbonyl (C=O) groups is 2. The van der Waals surface area contributed by atoms with Crippen molar-refractivity contribution in [2.24, 2.45) is 0 Å². The smallest absolute Gasteiger partial charge is 0.232 e. The third-order valence-corrected chi connectivity index (χ3v) is 7.83. The summed E-state index contributed by atoms with van der Waals surface area (Å²) < 4.78 is 26.7. The number of rotatable bonds is 6. The molecule has 1 heterocycles. The summed E-state index contributed by atoms with van der Waals surface area (Å²) in [5.74, 6) is -1.84. The first-order valence-electron chi connectivity index (χ1n) is 10.5. The van der Waals surface area contributed by atoms with Crippen molar-refractivity contribution in [1.82, 2.24) is 0 Å². The average molecular weight is 483 g/mol. The highest BCUT2D eigenvalue weighted by molar-refractivity contribution is 7.91. The minimum atomic E-state index is -3.81. The van der Waals surface area contributed by atoms with Gasteiger partial charge in [0.2, 0.25) is 11.8 Å². The number of fused-ring (bicyclic) bond motifs is 1. The first-order valence-corrected chi connectivity index (χ1v) is 12.5. The Morgan fingerprint density at radius 3 is 2.55 bits per heavy atom. The van der Waals surface area contributed by atoms with Gasteiger partial charge in [-0.25, -0.2) is 8.42 Å². The van der Waals surface area contributed by atoms with Crippen LogP contribution >= 0.6 is 11.6 Å². The van der Waals surface area contributed by atoms with Gasteiger partial charge in [0.25, 0.3) is 0 Å². The van der Waals surface area contributed by atoms with Crippen molar-refractivity contribution in [1.29, 1.82) is 0 Å². The summed E-state index contributed by atoms with van der Waals surface area (Å²) >= 11 is 6.17. The fourth-order valence-electron chi connectivity index (χ4n) is 3.78. The lowest BCUT2D eigenvalue weighted by Crippen LogP contribution is -2.28. The summed E-state index contributed by atoms with van der Waals surface area (Å²) in [5.41, 5.74) is 3.37. The van der Waals surface area contributed by atoms with Crippen LogP contribution in [0.3, 0.4) is 0 Å². The number of hydrogen-bond acceptors (Lipinski definition) is 4. The zero-order chi connectivity index (χ0) is 23.6. The Morgan fingerprint density at radius 1 is 1.06 bits per heavy atom. The highest BCUT2D eigenvalue weighted by Gasteiger charge is 2.29. The van der Waals surface area contributed by atoms with Crippen LogP contribution in [0.15, 0.2) is 71.6 Å². The molecule has 0 aliphatic carbocycles. The molecule has 0 aromatic heterocycles. The second kappa shape index (κ2) is 9.37. The maximum atomic E-state index is 13.3. The van der Waals surface area contributed by atoms with Gasteiger partial charge in [0.05, 0.1) is 16.6 Å². The molecule has 0 spiro atoms. The first kappa shape index (κ1) is 23.0. The molecule has 2 amide bonds. The number of carbonyl (C=O) groups excluding carboxylic acids is 2. The highest BCUT2D eigenvalue weighted by Crippen LogP contribution is 2.29. The van der Waals surface area contributed by atoms with Crippen molar-refractivity contribution in [2.45, 2.75) is 30.6 Å². The molecule has 0 saturated carbocycles. The van der Waals surface area contributed by atoms with Crippen molar-refractivity contribution < 1.29 is 18.0 Å². The van der Waals surface area contributed by atoms with Crippen LogP contribution in [-0.4, -0.2) is 26.0 Å². The number of hydrogen-bond donors (Lipinski definition) is 2. The van der Waals surface area contributed by atoms with Gasteiger partial charge < -0.3 is 10.6 Å². The van der Waals surface area contributed by atoms with Crippen molar-refractivity contribution in [3.05, 3.63) is 88.4 Å². The van der Waals surface area contributed by atoms with Crippen LogP contribution in [-0.2, 0) is 25.8 Å². The van der Waals surface area contributed by atoms with Gasteiger partial charge in [-0.2, -0.15) is 0 Å². The predicted octanol–water partition coefficient (Wildman–Crippen LogP) is 4.73. The van der Waals surface area contributed by atoms with Gasteiger partial charge in [-0.15, -0.1) is 0 Å². The molecule has 0 bridgehead atoms. The molecule has 1 atom stereocenters. The summed E-state index contributed by atoms with van der Waals surface area (Å²) in [5, 5.41) is 6.06. The molecule has 1 unspecified atom stereocenters. The van der Waals surface area contributed by atoms with Crippen LogP contribution in [0.5, 0.6) is 0 Å². The maximum Gasteiger partial charge on any atom is 0.232 e.